The molecule has 0 aromatic heterocycles. The van der Waals surface area contributed by atoms with E-state index in [0.29, 0.717) is 24.3 Å². The van der Waals surface area contributed by atoms with Crippen LogP contribution in [0.4, 0.5) is 0 Å². The van der Waals surface area contributed by atoms with E-state index >= 15 is 0 Å². The van der Waals surface area contributed by atoms with E-state index in [1.165, 1.54) is 0 Å². The fourth-order valence-corrected chi connectivity index (χ4v) is 0.285. The van der Waals surface area contributed by atoms with Crippen LogP contribution in [0.15, 0.2) is 24.3 Å². The van der Waals surface area contributed by atoms with Crippen LogP contribution in [0.1, 0.15) is 0 Å². The maximum Gasteiger partial charge on any atom is 0.328 e. The molecule has 0 heterocycles. The molecule has 0 radical (unpaired) electrons. The Labute approximate surface area is 113 Å². The van der Waals surface area contributed by atoms with Crippen LogP contribution in [0.3, 0.4) is 0 Å². The van der Waals surface area contributed by atoms with Gasteiger partial charge < -0.3 is 45.0 Å². The van der Waals surface area contributed by atoms with Crippen LogP contribution in [0, 0.1) is 0 Å². The summed E-state index contributed by atoms with van der Waals surface area (Å²) in [6.45, 7) is 0. The van der Waals surface area contributed by atoms with E-state index in [1.54, 1.807) is 0 Å². The van der Waals surface area contributed by atoms with Crippen LogP contribution in [0.2, 0.25) is 0 Å². The Kier molecular flexibility index (Phi) is 38.6. The molecule has 0 saturated heterocycles. The molecular weight excluding hydrogens is 280 g/mol. The molecule has 0 atom stereocenters. The Balaban J connectivity index is -0.0000000408. The molecule has 0 rings (SSSR count). The predicted molar refractivity (Wildman–Crippen MR) is 68.9 cm³/mol. The largest absolute Gasteiger partial charge is 0.478 e. The molecule has 0 bridgehead atoms. The molecule has 0 aliphatic heterocycles. The smallest absolute Gasteiger partial charge is 0.328 e. The first-order valence-electron chi connectivity index (χ1n) is 3.53. The van der Waals surface area contributed by atoms with Crippen molar-refractivity contribution in [1.29, 1.82) is 0 Å². The van der Waals surface area contributed by atoms with Gasteiger partial charge in [0.15, 0.2) is 0 Å². The van der Waals surface area contributed by atoms with E-state index in [9.17, 15) is 19.2 Å². The van der Waals surface area contributed by atoms with Crippen molar-refractivity contribution < 1.29 is 39.6 Å². The maximum absolute atomic E-state index is 9.55. The van der Waals surface area contributed by atoms with Gasteiger partial charge in [-0.2, -0.15) is 0 Å². The topological polar surface area (TPSA) is 289 Å². The quantitative estimate of drug-likeness (QED) is 0.320. The zero-order valence-electron chi connectivity index (χ0n) is 10.6. The molecule has 12 heteroatoms. The summed E-state index contributed by atoms with van der Waals surface area (Å²) >= 11 is 0. The molecule has 16 N–H and O–H groups in total. The van der Waals surface area contributed by atoms with Gasteiger partial charge in [-0.05, 0) is 0 Å². The normalized spacial score (nSPS) is 7.60. The lowest BCUT2D eigenvalue weighted by Gasteiger charge is -1.74. The van der Waals surface area contributed by atoms with Gasteiger partial charge in [0.1, 0.15) is 0 Å². The van der Waals surface area contributed by atoms with Gasteiger partial charge in [0.05, 0.1) is 0 Å². The van der Waals surface area contributed by atoms with Crippen molar-refractivity contribution in [1.82, 2.24) is 24.6 Å². The van der Waals surface area contributed by atoms with Gasteiger partial charge in [0.2, 0.25) is 0 Å². The molecular formula is C8H20N4O8. The molecule has 0 aliphatic carbocycles. The molecule has 0 fully saturated rings. The first kappa shape index (κ1) is 36.0. The van der Waals surface area contributed by atoms with Crippen LogP contribution < -0.4 is 24.6 Å². The third-order valence-electron chi connectivity index (χ3n) is 0.737. The van der Waals surface area contributed by atoms with Crippen LogP contribution in [0.25, 0.3) is 0 Å². The second-order valence-electron chi connectivity index (χ2n) is 2.02. The number of carbonyl (C=O) groups is 4. The summed E-state index contributed by atoms with van der Waals surface area (Å²) in [6.07, 6.45) is 2.23. The number of carboxylic acid groups (broad SMARTS) is 4. The van der Waals surface area contributed by atoms with Crippen LogP contribution >= 0.6 is 0 Å². The lowest BCUT2D eigenvalue weighted by Crippen LogP contribution is -1.91. The van der Waals surface area contributed by atoms with E-state index in [-0.39, 0.29) is 24.6 Å². The van der Waals surface area contributed by atoms with Crippen LogP contribution in [0.5, 0.6) is 0 Å². The van der Waals surface area contributed by atoms with Gasteiger partial charge in [-0.15, -0.1) is 0 Å². The van der Waals surface area contributed by atoms with Gasteiger partial charge in [-0.25, -0.2) is 19.2 Å². The fraction of sp³-hybridized carbons (Fsp3) is 0. The summed E-state index contributed by atoms with van der Waals surface area (Å²) in [5.41, 5.74) is 0. The summed E-state index contributed by atoms with van der Waals surface area (Å²) in [7, 11) is 0. The van der Waals surface area contributed by atoms with E-state index in [2.05, 4.69) is 0 Å². The highest BCUT2D eigenvalue weighted by Crippen LogP contribution is 1.71. The highest BCUT2D eigenvalue weighted by molar-refractivity contribution is 5.90. The van der Waals surface area contributed by atoms with E-state index in [4.69, 9.17) is 20.4 Å². The van der Waals surface area contributed by atoms with E-state index in [1.807, 2.05) is 0 Å². The molecule has 0 spiro atoms. The second kappa shape index (κ2) is 21.5. The van der Waals surface area contributed by atoms with Crippen molar-refractivity contribution in [2.45, 2.75) is 0 Å². The zero-order valence-corrected chi connectivity index (χ0v) is 10.6. The van der Waals surface area contributed by atoms with Crippen molar-refractivity contribution in [2.75, 3.05) is 0 Å². The van der Waals surface area contributed by atoms with Crippen molar-refractivity contribution >= 4 is 23.9 Å². The number of carboxylic acids is 4. The van der Waals surface area contributed by atoms with Gasteiger partial charge in [0, 0.05) is 24.3 Å². The van der Waals surface area contributed by atoms with Crippen molar-refractivity contribution in [3.8, 4) is 0 Å². The first-order chi connectivity index (χ1) is 7.25. The Hall–Kier alpha value is -2.80. The molecule has 20 heavy (non-hydrogen) atoms. The maximum atomic E-state index is 9.55. The van der Waals surface area contributed by atoms with Crippen molar-refractivity contribution in [3.05, 3.63) is 24.3 Å². The molecule has 0 aromatic rings. The number of hydrogen-bond donors (Lipinski definition) is 8. The zero-order chi connectivity index (χ0) is 13.1. The molecule has 0 amide bonds. The number of hydrogen-bond acceptors (Lipinski definition) is 8. The third-order valence-corrected chi connectivity index (χ3v) is 0.737. The minimum atomic E-state index is -1.26. The average molecular weight is 300 g/mol. The Morgan fingerprint density at radius 1 is 0.450 bits per heavy atom. The second-order valence-corrected chi connectivity index (χ2v) is 2.02. The fourth-order valence-electron chi connectivity index (χ4n) is 0.285. The van der Waals surface area contributed by atoms with Gasteiger partial charge in [-0.3, -0.25) is 0 Å². The minimum absolute atomic E-state index is 0. The Bertz CT molecular complexity index is 286. The third kappa shape index (κ3) is 59.1. The van der Waals surface area contributed by atoms with E-state index in [0.717, 1.165) is 0 Å². The lowest BCUT2D eigenvalue weighted by molar-refractivity contribution is -0.134. The molecule has 0 aliphatic rings. The van der Waals surface area contributed by atoms with E-state index < -0.39 is 23.9 Å². The Morgan fingerprint density at radius 3 is 0.600 bits per heavy atom. The summed E-state index contributed by atoms with van der Waals surface area (Å²) < 4.78 is 0. The monoisotopic (exact) mass is 300 g/mol. The van der Waals surface area contributed by atoms with Gasteiger partial charge >= 0.3 is 23.9 Å². The van der Waals surface area contributed by atoms with Crippen LogP contribution in [-0.4, -0.2) is 44.3 Å². The average Bonchev–Trinajstić information content (AvgIpc) is 2.12. The number of aliphatic carboxylic acids is 4. The molecule has 0 saturated carbocycles. The Morgan fingerprint density at radius 2 is 0.550 bits per heavy atom. The molecule has 0 aromatic carbocycles. The standard InChI is InChI=1S/2C4H4O4.4H3N/c2*5-3(6)1-2-4(7)8;;;;/h2*1-2H,(H,5,6)(H,7,8);4*1H3. The first-order valence-corrected chi connectivity index (χ1v) is 3.53. The summed E-state index contributed by atoms with van der Waals surface area (Å²) in [5, 5.41) is 31.2. The lowest BCUT2D eigenvalue weighted by atomic mass is 10.5. The van der Waals surface area contributed by atoms with Crippen molar-refractivity contribution in [3.63, 3.8) is 0 Å². The molecule has 120 valence electrons. The number of rotatable bonds is 4. The highest BCUT2D eigenvalue weighted by Gasteiger charge is 1.88. The van der Waals surface area contributed by atoms with Crippen molar-refractivity contribution in [2.24, 2.45) is 0 Å². The predicted octanol–water partition coefficient (Wildman–Crippen LogP) is 0.0716. The summed E-state index contributed by atoms with van der Waals surface area (Å²) in [4.78, 5) is 38.2. The van der Waals surface area contributed by atoms with Gasteiger partial charge in [-0.1, -0.05) is 0 Å². The minimum Gasteiger partial charge on any atom is -0.478 e. The van der Waals surface area contributed by atoms with Crippen LogP contribution in [-0.2, 0) is 19.2 Å². The molecule has 0 unspecified atom stereocenters. The summed E-state index contributed by atoms with van der Waals surface area (Å²) in [6, 6.07) is 0. The highest BCUT2D eigenvalue weighted by atomic mass is 16.4. The summed E-state index contributed by atoms with van der Waals surface area (Å²) in [5.74, 6) is -5.03. The SMILES string of the molecule is N.N.N.N.O=C(O)C=CC(=O)O.O=C(O)C=CC(=O)O. The molecule has 12 nitrogen and oxygen atoms in total. The van der Waals surface area contributed by atoms with Gasteiger partial charge in [0.25, 0.3) is 0 Å².